The van der Waals surface area contributed by atoms with Crippen molar-refractivity contribution in [3.8, 4) is 11.3 Å². The molecule has 2 N–H and O–H groups in total. The number of fused-ring (bicyclic) bond motifs is 1. The standard InChI is InChI=1S/C20H21Cl2N5O3/c1-2-30-20(29)26-7-5-12(6-8-26)27-10-14-16(13-4-3-11(21)9-15(13)22)24-19(23)25-17(14)18(27)28/h3-4,9,12H,2,5-8,10H2,1H3,(H2,23,24,25). The molecule has 1 aromatic carbocycles. The first kappa shape index (κ1) is 20.7. The van der Waals surface area contributed by atoms with Crippen LogP contribution in [0.15, 0.2) is 18.2 Å². The summed E-state index contributed by atoms with van der Waals surface area (Å²) < 4.78 is 5.06. The molecule has 2 aliphatic rings. The van der Waals surface area contributed by atoms with Gasteiger partial charge in [-0.1, -0.05) is 23.2 Å². The molecule has 1 saturated heterocycles. The fraction of sp³-hybridized carbons (Fsp3) is 0.400. The Kier molecular flexibility index (Phi) is 5.71. The second-order valence-electron chi connectivity index (χ2n) is 7.23. The van der Waals surface area contributed by atoms with Crippen LogP contribution >= 0.6 is 23.2 Å². The molecule has 0 atom stereocenters. The summed E-state index contributed by atoms with van der Waals surface area (Å²) in [6.07, 6.45) is 1.02. The van der Waals surface area contributed by atoms with Gasteiger partial charge in [-0.2, -0.15) is 0 Å². The average molecular weight is 450 g/mol. The molecule has 0 unspecified atom stereocenters. The summed E-state index contributed by atoms with van der Waals surface area (Å²) in [6.45, 7) is 3.56. The van der Waals surface area contributed by atoms with Crippen LogP contribution in [-0.2, 0) is 11.3 Å². The second-order valence-corrected chi connectivity index (χ2v) is 8.08. The highest BCUT2D eigenvalue weighted by Crippen LogP contribution is 2.37. The van der Waals surface area contributed by atoms with Crippen LogP contribution < -0.4 is 5.73 Å². The van der Waals surface area contributed by atoms with Crippen molar-refractivity contribution in [2.45, 2.75) is 32.4 Å². The topological polar surface area (TPSA) is 102 Å². The van der Waals surface area contributed by atoms with Crippen molar-refractivity contribution in [1.82, 2.24) is 19.8 Å². The van der Waals surface area contributed by atoms with Gasteiger partial charge in [-0.25, -0.2) is 14.8 Å². The molecular formula is C20H21Cl2N5O3. The number of ether oxygens (including phenoxy) is 1. The van der Waals surface area contributed by atoms with Gasteiger partial charge in [0.1, 0.15) is 5.69 Å². The minimum absolute atomic E-state index is 0.00728. The van der Waals surface area contributed by atoms with Crippen LogP contribution in [0.3, 0.4) is 0 Å². The maximum atomic E-state index is 13.1. The zero-order valence-electron chi connectivity index (χ0n) is 16.4. The summed E-state index contributed by atoms with van der Waals surface area (Å²) >= 11 is 12.4. The summed E-state index contributed by atoms with van der Waals surface area (Å²) in [6, 6.07) is 5.10. The summed E-state index contributed by atoms with van der Waals surface area (Å²) in [5, 5.41) is 0.935. The Hall–Kier alpha value is -2.58. The number of halogens is 2. The molecule has 0 saturated carbocycles. The van der Waals surface area contributed by atoms with Gasteiger partial charge in [-0.05, 0) is 38.0 Å². The van der Waals surface area contributed by atoms with Crippen LogP contribution in [0, 0.1) is 0 Å². The SMILES string of the molecule is CCOC(=O)N1CCC(N2Cc3c(nc(N)nc3-c3ccc(Cl)cc3Cl)C2=O)CC1. The molecule has 0 aliphatic carbocycles. The Morgan fingerprint density at radius 3 is 2.60 bits per heavy atom. The number of hydrogen-bond acceptors (Lipinski definition) is 6. The Labute approximate surface area is 183 Å². The number of nitrogens with two attached hydrogens (primary N) is 1. The Balaban J connectivity index is 1.59. The lowest BCUT2D eigenvalue weighted by molar-refractivity contribution is 0.0555. The van der Waals surface area contributed by atoms with E-state index in [1.54, 1.807) is 34.9 Å². The number of piperidine rings is 1. The molecule has 4 rings (SSSR count). The minimum atomic E-state index is -0.315. The molecule has 30 heavy (non-hydrogen) atoms. The van der Waals surface area contributed by atoms with Crippen LogP contribution in [0.5, 0.6) is 0 Å². The maximum absolute atomic E-state index is 13.1. The molecule has 8 nitrogen and oxygen atoms in total. The third-order valence-electron chi connectivity index (χ3n) is 5.43. The lowest BCUT2D eigenvalue weighted by Crippen LogP contribution is -2.47. The molecule has 0 spiro atoms. The number of anilines is 1. The monoisotopic (exact) mass is 449 g/mol. The summed E-state index contributed by atoms with van der Waals surface area (Å²) in [4.78, 5) is 37.1. The predicted octanol–water partition coefficient (Wildman–Crippen LogP) is 3.61. The number of hydrogen-bond donors (Lipinski definition) is 1. The fourth-order valence-electron chi connectivity index (χ4n) is 3.98. The summed E-state index contributed by atoms with van der Waals surface area (Å²) in [5.74, 6) is -0.165. The number of amides is 2. The van der Waals surface area contributed by atoms with E-state index in [0.717, 1.165) is 0 Å². The first-order chi connectivity index (χ1) is 14.4. The molecule has 2 amide bonds. The second kappa shape index (κ2) is 8.28. The van der Waals surface area contributed by atoms with E-state index in [9.17, 15) is 9.59 Å². The third-order valence-corrected chi connectivity index (χ3v) is 5.98. The van der Waals surface area contributed by atoms with Gasteiger partial charge in [0.2, 0.25) is 5.95 Å². The number of carbonyl (C=O) groups is 2. The van der Waals surface area contributed by atoms with Gasteiger partial charge in [-0.15, -0.1) is 0 Å². The molecule has 2 aliphatic heterocycles. The largest absolute Gasteiger partial charge is 0.450 e. The van der Waals surface area contributed by atoms with Gasteiger partial charge < -0.3 is 20.3 Å². The lowest BCUT2D eigenvalue weighted by Gasteiger charge is -2.36. The number of likely N-dealkylation sites (tertiary alicyclic amines) is 1. The predicted molar refractivity (Wildman–Crippen MR) is 113 cm³/mol. The van der Waals surface area contributed by atoms with E-state index in [1.165, 1.54) is 0 Å². The van der Waals surface area contributed by atoms with Crippen LogP contribution in [0.2, 0.25) is 10.0 Å². The van der Waals surface area contributed by atoms with Crippen molar-refractivity contribution in [3.05, 3.63) is 39.5 Å². The highest BCUT2D eigenvalue weighted by molar-refractivity contribution is 6.36. The number of nitrogen functional groups attached to an aromatic ring is 1. The summed E-state index contributed by atoms with van der Waals surface area (Å²) in [7, 11) is 0. The Bertz CT molecular complexity index is 1010. The first-order valence-electron chi connectivity index (χ1n) is 9.73. The first-order valence-corrected chi connectivity index (χ1v) is 10.5. The smallest absolute Gasteiger partial charge is 0.409 e. The molecule has 10 heteroatoms. The van der Waals surface area contributed by atoms with E-state index >= 15 is 0 Å². The maximum Gasteiger partial charge on any atom is 0.409 e. The minimum Gasteiger partial charge on any atom is -0.450 e. The van der Waals surface area contributed by atoms with Crippen LogP contribution in [0.4, 0.5) is 10.7 Å². The van der Waals surface area contributed by atoms with E-state index in [2.05, 4.69) is 9.97 Å². The van der Waals surface area contributed by atoms with Crippen molar-refractivity contribution in [3.63, 3.8) is 0 Å². The summed E-state index contributed by atoms with van der Waals surface area (Å²) in [5.41, 5.74) is 8.09. The highest BCUT2D eigenvalue weighted by atomic mass is 35.5. The number of carbonyl (C=O) groups excluding carboxylic acids is 2. The van der Waals surface area contributed by atoms with E-state index in [4.69, 9.17) is 33.7 Å². The third kappa shape index (κ3) is 3.77. The van der Waals surface area contributed by atoms with E-state index < -0.39 is 0 Å². The molecule has 1 aromatic heterocycles. The van der Waals surface area contributed by atoms with Gasteiger partial charge in [0, 0.05) is 35.3 Å². The van der Waals surface area contributed by atoms with Gasteiger partial charge in [-0.3, -0.25) is 4.79 Å². The van der Waals surface area contributed by atoms with Crippen LogP contribution in [0.25, 0.3) is 11.3 Å². The van der Waals surface area contributed by atoms with Crippen LogP contribution in [0.1, 0.15) is 35.8 Å². The van der Waals surface area contributed by atoms with Gasteiger partial charge >= 0.3 is 6.09 Å². The van der Waals surface area contributed by atoms with Gasteiger partial charge in [0.05, 0.1) is 23.9 Å². The van der Waals surface area contributed by atoms with Gasteiger partial charge in [0.25, 0.3) is 5.91 Å². The number of rotatable bonds is 3. The van der Waals surface area contributed by atoms with E-state index in [0.29, 0.717) is 71.6 Å². The van der Waals surface area contributed by atoms with Crippen molar-refractivity contribution >= 4 is 41.2 Å². The zero-order valence-corrected chi connectivity index (χ0v) is 17.9. The molecule has 0 radical (unpaired) electrons. The van der Waals surface area contributed by atoms with Crippen molar-refractivity contribution in [2.75, 3.05) is 25.4 Å². The van der Waals surface area contributed by atoms with Gasteiger partial charge in [0.15, 0.2) is 0 Å². The number of nitrogens with zero attached hydrogens (tertiary/aromatic N) is 4. The lowest BCUT2D eigenvalue weighted by atomic mass is 10.0. The highest BCUT2D eigenvalue weighted by Gasteiger charge is 2.38. The Morgan fingerprint density at radius 1 is 1.23 bits per heavy atom. The number of aromatic nitrogens is 2. The fourth-order valence-corrected chi connectivity index (χ4v) is 4.48. The van der Waals surface area contributed by atoms with Crippen molar-refractivity contribution in [1.29, 1.82) is 0 Å². The Morgan fingerprint density at radius 2 is 1.93 bits per heavy atom. The molecule has 2 aromatic rings. The van der Waals surface area contributed by atoms with Crippen molar-refractivity contribution < 1.29 is 14.3 Å². The molecule has 1 fully saturated rings. The normalized spacial score (nSPS) is 16.7. The molecule has 158 valence electrons. The molecule has 0 bridgehead atoms. The zero-order chi connectivity index (χ0) is 21.4. The number of benzene rings is 1. The van der Waals surface area contributed by atoms with Crippen molar-refractivity contribution in [2.24, 2.45) is 0 Å². The van der Waals surface area contributed by atoms with E-state index in [-0.39, 0.29) is 24.0 Å². The van der Waals surface area contributed by atoms with Crippen LogP contribution in [-0.4, -0.2) is 57.5 Å². The molecule has 3 heterocycles. The molecular weight excluding hydrogens is 429 g/mol. The van der Waals surface area contributed by atoms with E-state index in [1.807, 2.05) is 0 Å². The average Bonchev–Trinajstić information content (AvgIpc) is 3.04. The quantitative estimate of drug-likeness (QED) is 0.767.